The predicted octanol–water partition coefficient (Wildman–Crippen LogP) is 4.81. The van der Waals surface area contributed by atoms with Gasteiger partial charge in [0.25, 0.3) is 0 Å². The van der Waals surface area contributed by atoms with E-state index >= 15 is 0 Å². The number of methoxy groups -OCH3 is 2. The lowest BCUT2D eigenvalue weighted by Gasteiger charge is -2.10. The number of carbonyl (C=O) groups excluding carboxylic acids is 2. The van der Waals surface area contributed by atoms with E-state index in [9.17, 15) is 9.59 Å². The van der Waals surface area contributed by atoms with Gasteiger partial charge in [-0.3, -0.25) is 9.59 Å². The fraction of sp³-hybridized carbons (Fsp3) is 0.208. The van der Waals surface area contributed by atoms with Gasteiger partial charge in [-0.05, 0) is 30.7 Å². The van der Waals surface area contributed by atoms with E-state index in [-0.39, 0.29) is 28.9 Å². The molecule has 2 aromatic carbocycles. The summed E-state index contributed by atoms with van der Waals surface area (Å²) < 4.78 is 26.9. The third-order valence-electron chi connectivity index (χ3n) is 5.00. The van der Waals surface area contributed by atoms with Crippen LogP contribution >= 0.6 is 11.6 Å². The molecule has 9 heteroatoms. The molecule has 0 N–H and O–H groups in total. The molecule has 0 spiro atoms. The van der Waals surface area contributed by atoms with Gasteiger partial charge in [0.1, 0.15) is 17.3 Å². The van der Waals surface area contributed by atoms with Crippen molar-refractivity contribution >= 4 is 29.4 Å². The molecule has 0 aliphatic carbocycles. The number of ketones is 1. The third-order valence-corrected chi connectivity index (χ3v) is 5.18. The Morgan fingerprint density at radius 2 is 2.00 bits per heavy atom. The van der Waals surface area contributed by atoms with Crippen LogP contribution in [0.15, 0.2) is 46.7 Å². The van der Waals surface area contributed by atoms with Gasteiger partial charge in [0.05, 0.1) is 26.2 Å². The average Bonchev–Trinajstić information content (AvgIpc) is 3.34. The molecule has 0 saturated carbocycles. The Morgan fingerprint density at radius 1 is 1.18 bits per heavy atom. The third kappa shape index (κ3) is 4.70. The van der Waals surface area contributed by atoms with Crippen molar-refractivity contribution in [3.63, 3.8) is 0 Å². The van der Waals surface area contributed by atoms with E-state index in [0.29, 0.717) is 46.1 Å². The Morgan fingerprint density at radius 3 is 2.70 bits per heavy atom. The number of rotatable bonds is 7. The van der Waals surface area contributed by atoms with Crippen molar-refractivity contribution in [3.05, 3.63) is 69.8 Å². The molecule has 8 nitrogen and oxygen atoms in total. The van der Waals surface area contributed by atoms with Crippen LogP contribution in [0.2, 0.25) is 5.15 Å². The average molecular weight is 470 g/mol. The lowest BCUT2D eigenvalue weighted by Crippen LogP contribution is -2.09. The predicted molar refractivity (Wildman–Crippen MR) is 119 cm³/mol. The number of esters is 1. The maximum absolute atomic E-state index is 13.0. The smallest absolute Gasteiger partial charge is 0.311 e. The zero-order valence-electron chi connectivity index (χ0n) is 18.1. The van der Waals surface area contributed by atoms with Crippen LogP contribution in [0.5, 0.6) is 23.0 Å². The minimum atomic E-state index is -0.469. The highest BCUT2D eigenvalue weighted by Crippen LogP contribution is 2.39. The van der Waals surface area contributed by atoms with Crippen molar-refractivity contribution < 1.29 is 33.1 Å². The van der Waals surface area contributed by atoms with Crippen LogP contribution in [0.3, 0.4) is 0 Å². The number of hydrogen-bond donors (Lipinski definition) is 0. The molecule has 0 saturated heterocycles. The van der Waals surface area contributed by atoms with Crippen LogP contribution in [0.25, 0.3) is 6.08 Å². The molecule has 0 radical (unpaired) electrons. The zero-order chi connectivity index (χ0) is 23.5. The molecule has 2 heterocycles. The summed E-state index contributed by atoms with van der Waals surface area (Å²) in [5.41, 5.74) is 1.67. The van der Waals surface area contributed by atoms with Crippen molar-refractivity contribution in [2.24, 2.45) is 0 Å². The number of allylic oxidation sites excluding steroid dienone is 1. The Hall–Kier alpha value is -3.78. The second kappa shape index (κ2) is 9.38. The van der Waals surface area contributed by atoms with Gasteiger partial charge >= 0.3 is 5.97 Å². The molecular formula is C24H20ClNO7. The lowest BCUT2D eigenvalue weighted by atomic mass is 10.0. The molecule has 4 rings (SSSR count). The molecular weight excluding hydrogens is 450 g/mol. The number of ether oxygens (including phenoxy) is 4. The van der Waals surface area contributed by atoms with Gasteiger partial charge in [0.15, 0.2) is 22.4 Å². The van der Waals surface area contributed by atoms with Crippen molar-refractivity contribution in [2.45, 2.75) is 19.8 Å². The van der Waals surface area contributed by atoms with E-state index in [1.165, 1.54) is 20.3 Å². The van der Waals surface area contributed by atoms with Gasteiger partial charge in [0.2, 0.25) is 5.78 Å². The molecule has 1 aliphatic heterocycles. The number of Topliss-reactive ketones (excluding diaryl/α,β-unsaturated/α-hetero) is 1. The highest BCUT2D eigenvalue weighted by Gasteiger charge is 2.30. The lowest BCUT2D eigenvalue weighted by molar-refractivity contribution is -0.134. The number of fused-ring (bicyclic) bond motifs is 1. The van der Waals surface area contributed by atoms with E-state index < -0.39 is 5.97 Å². The number of aryl methyl sites for hydroxylation is 2. The van der Waals surface area contributed by atoms with Crippen LogP contribution in [-0.4, -0.2) is 31.1 Å². The van der Waals surface area contributed by atoms with Gasteiger partial charge in [-0.15, -0.1) is 0 Å². The number of hydrogen-bond acceptors (Lipinski definition) is 8. The largest absolute Gasteiger partial charge is 0.493 e. The quantitative estimate of drug-likeness (QED) is 0.276. The molecule has 170 valence electrons. The summed E-state index contributed by atoms with van der Waals surface area (Å²) in [5, 5.41) is 3.79. The Balaban J connectivity index is 1.52. The molecule has 0 atom stereocenters. The first-order valence-corrected chi connectivity index (χ1v) is 10.4. The molecule has 0 unspecified atom stereocenters. The number of nitrogens with zero attached hydrogens (tertiary/aromatic N) is 1. The topological polar surface area (TPSA) is 97.1 Å². The van der Waals surface area contributed by atoms with Crippen LogP contribution in [0.1, 0.15) is 33.7 Å². The van der Waals surface area contributed by atoms with E-state index in [0.717, 1.165) is 0 Å². The second-order valence-corrected chi connectivity index (χ2v) is 7.61. The first-order valence-electron chi connectivity index (χ1n) is 10.0. The van der Waals surface area contributed by atoms with Crippen LogP contribution in [0.4, 0.5) is 0 Å². The summed E-state index contributed by atoms with van der Waals surface area (Å²) in [6, 6.07) is 10.0. The first-order chi connectivity index (χ1) is 15.9. The standard InChI is InChI=1S/C24H20ClNO7/c1-13-9-16(31-21(27)8-7-15-12-20(25)26-33-15)11-18-22(13)23(28)19(32-18)10-14-5-4-6-17(29-2)24(14)30-3/h4-6,9-12H,7-8H2,1-3H3/b19-10-. The minimum absolute atomic E-state index is 0.0717. The molecule has 0 fully saturated rings. The highest BCUT2D eigenvalue weighted by atomic mass is 35.5. The maximum Gasteiger partial charge on any atom is 0.311 e. The van der Waals surface area contributed by atoms with Crippen molar-refractivity contribution in [3.8, 4) is 23.0 Å². The van der Waals surface area contributed by atoms with Crippen molar-refractivity contribution in [1.29, 1.82) is 0 Å². The van der Waals surface area contributed by atoms with Gasteiger partial charge < -0.3 is 23.5 Å². The van der Waals surface area contributed by atoms with Crippen LogP contribution in [-0.2, 0) is 11.2 Å². The summed E-state index contributed by atoms with van der Waals surface area (Å²) in [6.45, 7) is 1.75. The molecule has 33 heavy (non-hydrogen) atoms. The Labute approximate surface area is 194 Å². The fourth-order valence-electron chi connectivity index (χ4n) is 3.52. The number of carbonyl (C=O) groups is 2. The van der Waals surface area contributed by atoms with Gasteiger partial charge in [-0.25, -0.2) is 0 Å². The minimum Gasteiger partial charge on any atom is -0.493 e. The number of benzene rings is 2. The van der Waals surface area contributed by atoms with Gasteiger partial charge in [-0.1, -0.05) is 28.9 Å². The molecule has 0 amide bonds. The number of aromatic nitrogens is 1. The Kier molecular flexibility index (Phi) is 6.37. The summed E-state index contributed by atoms with van der Waals surface area (Å²) in [5.74, 6) is 1.49. The molecule has 1 aliphatic rings. The summed E-state index contributed by atoms with van der Waals surface area (Å²) >= 11 is 5.70. The Bertz CT molecular complexity index is 1260. The second-order valence-electron chi connectivity index (χ2n) is 7.23. The SMILES string of the molecule is COc1cccc(/C=C2\Oc3cc(OC(=O)CCc4cc(Cl)no4)cc(C)c3C2=O)c1OC. The van der Waals surface area contributed by atoms with E-state index in [1.807, 2.05) is 0 Å². The van der Waals surface area contributed by atoms with Crippen molar-refractivity contribution in [1.82, 2.24) is 5.16 Å². The zero-order valence-corrected chi connectivity index (χ0v) is 18.9. The summed E-state index contributed by atoms with van der Waals surface area (Å²) in [6.07, 6.45) is 1.96. The fourth-order valence-corrected chi connectivity index (χ4v) is 3.67. The van der Waals surface area contributed by atoms with Crippen LogP contribution < -0.4 is 18.9 Å². The van der Waals surface area contributed by atoms with Gasteiger partial charge in [-0.2, -0.15) is 0 Å². The van der Waals surface area contributed by atoms with E-state index in [1.54, 1.807) is 43.3 Å². The normalized spacial score (nSPS) is 13.6. The van der Waals surface area contributed by atoms with Gasteiger partial charge in [0, 0.05) is 24.1 Å². The number of para-hydroxylation sites is 1. The van der Waals surface area contributed by atoms with E-state index in [2.05, 4.69) is 5.16 Å². The van der Waals surface area contributed by atoms with Crippen LogP contribution in [0, 0.1) is 6.92 Å². The first kappa shape index (κ1) is 22.4. The summed E-state index contributed by atoms with van der Waals surface area (Å²) in [4.78, 5) is 25.2. The monoisotopic (exact) mass is 469 g/mol. The summed E-state index contributed by atoms with van der Waals surface area (Å²) in [7, 11) is 3.06. The molecule has 0 bridgehead atoms. The van der Waals surface area contributed by atoms with Crippen molar-refractivity contribution in [2.75, 3.05) is 14.2 Å². The van der Waals surface area contributed by atoms with E-state index in [4.69, 9.17) is 35.1 Å². The molecule has 1 aromatic heterocycles. The number of halogens is 1. The maximum atomic E-state index is 13.0. The molecule has 3 aromatic rings. The highest BCUT2D eigenvalue weighted by molar-refractivity contribution is 6.29.